The highest BCUT2D eigenvalue weighted by Gasteiger charge is 2.17. The predicted molar refractivity (Wildman–Crippen MR) is 105 cm³/mol. The molecule has 2 aromatic carbocycles. The van der Waals surface area contributed by atoms with Gasteiger partial charge in [0.25, 0.3) is 5.91 Å². The van der Waals surface area contributed by atoms with E-state index in [0.29, 0.717) is 22.7 Å². The van der Waals surface area contributed by atoms with Crippen LogP contribution < -0.4 is 5.32 Å². The Labute approximate surface area is 162 Å². The van der Waals surface area contributed by atoms with Crippen LogP contribution in [0, 0.1) is 11.6 Å². The molecular formula is C21H13F2N5O. The van der Waals surface area contributed by atoms with Crippen LogP contribution in [0.3, 0.4) is 0 Å². The first-order chi connectivity index (χ1) is 14.1. The molecule has 1 amide bonds. The van der Waals surface area contributed by atoms with Crippen molar-refractivity contribution in [2.24, 2.45) is 0 Å². The lowest BCUT2D eigenvalue weighted by molar-refractivity contribution is 0.101. The van der Waals surface area contributed by atoms with Crippen molar-refractivity contribution < 1.29 is 13.6 Å². The molecule has 5 aromatic rings. The summed E-state index contributed by atoms with van der Waals surface area (Å²) >= 11 is 0. The number of nitrogens with zero attached hydrogens (tertiary/aromatic N) is 2. The smallest absolute Gasteiger partial charge is 0.277 e. The van der Waals surface area contributed by atoms with Crippen molar-refractivity contribution in [1.29, 1.82) is 0 Å². The summed E-state index contributed by atoms with van der Waals surface area (Å²) in [6.07, 6.45) is 4.23. The van der Waals surface area contributed by atoms with Crippen molar-refractivity contribution >= 4 is 33.4 Å². The molecule has 0 atom stereocenters. The third kappa shape index (κ3) is 2.91. The molecule has 29 heavy (non-hydrogen) atoms. The molecule has 0 spiro atoms. The number of hydrogen-bond acceptors (Lipinski definition) is 3. The molecule has 0 bridgehead atoms. The minimum atomic E-state index is -1.03. The fourth-order valence-electron chi connectivity index (χ4n) is 3.41. The average molecular weight is 389 g/mol. The van der Waals surface area contributed by atoms with Crippen LogP contribution >= 0.6 is 0 Å². The van der Waals surface area contributed by atoms with Crippen LogP contribution in [-0.2, 0) is 0 Å². The highest BCUT2D eigenvalue weighted by molar-refractivity contribution is 6.09. The van der Waals surface area contributed by atoms with Crippen LogP contribution in [0.15, 0.2) is 61.1 Å². The maximum absolute atomic E-state index is 14.0. The Kier molecular flexibility index (Phi) is 3.83. The van der Waals surface area contributed by atoms with Crippen LogP contribution in [-0.4, -0.2) is 26.1 Å². The number of aromatic nitrogens is 4. The lowest BCUT2D eigenvalue weighted by Gasteiger charge is -2.10. The summed E-state index contributed by atoms with van der Waals surface area (Å²) in [6, 6.07) is 12.2. The molecular weight excluding hydrogens is 376 g/mol. The van der Waals surface area contributed by atoms with E-state index in [1.807, 2.05) is 36.5 Å². The van der Waals surface area contributed by atoms with Gasteiger partial charge in [0.15, 0.2) is 11.5 Å². The summed E-state index contributed by atoms with van der Waals surface area (Å²) in [5.41, 5.74) is 3.44. The number of fused-ring (bicyclic) bond motifs is 2. The van der Waals surface area contributed by atoms with Crippen LogP contribution in [0.2, 0.25) is 0 Å². The third-order valence-corrected chi connectivity index (χ3v) is 4.74. The summed E-state index contributed by atoms with van der Waals surface area (Å²) in [4.78, 5) is 19.3. The molecule has 6 nitrogen and oxygen atoms in total. The summed E-state index contributed by atoms with van der Waals surface area (Å²) in [6.45, 7) is 0. The number of aromatic amines is 2. The van der Waals surface area contributed by atoms with E-state index in [4.69, 9.17) is 0 Å². The molecule has 142 valence electrons. The number of H-pyrrole nitrogens is 2. The minimum Gasteiger partial charge on any atom is -0.361 e. The molecule has 0 unspecified atom stereocenters. The molecule has 0 fully saturated rings. The van der Waals surface area contributed by atoms with Gasteiger partial charge < -0.3 is 10.3 Å². The predicted octanol–water partition coefficient (Wildman–Crippen LogP) is 4.64. The highest BCUT2D eigenvalue weighted by atomic mass is 19.1. The zero-order valence-electron chi connectivity index (χ0n) is 14.8. The number of carbonyl (C=O) groups is 1. The molecule has 0 aliphatic rings. The van der Waals surface area contributed by atoms with Crippen LogP contribution in [0.4, 0.5) is 14.5 Å². The molecule has 0 aliphatic carbocycles. The molecule has 3 aromatic heterocycles. The Balaban J connectivity index is 1.61. The molecule has 0 radical (unpaired) electrons. The van der Waals surface area contributed by atoms with Crippen LogP contribution in [0.5, 0.6) is 0 Å². The van der Waals surface area contributed by atoms with E-state index >= 15 is 0 Å². The van der Waals surface area contributed by atoms with Gasteiger partial charge in [-0.2, -0.15) is 5.10 Å². The van der Waals surface area contributed by atoms with Gasteiger partial charge in [0.1, 0.15) is 5.82 Å². The molecule has 3 N–H and O–H groups in total. The molecule has 0 saturated carbocycles. The summed E-state index contributed by atoms with van der Waals surface area (Å²) in [7, 11) is 0. The maximum Gasteiger partial charge on any atom is 0.277 e. The number of benzene rings is 2. The first kappa shape index (κ1) is 17.1. The number of pyridine rings is 1. The fraction of sp³-hybridized carbons (Fsp3) is 0. The highest BCUT2D eigenvalue weighted by Crippen LogP contribution is 2.34. The van der Waals surface area contributed by atoms with Gasteiger partial charge in [-0.1, -0.05) is 12.1 Å². The monoisotopic (exact) mass is 389 g/mol. The summed E-state index contributed by atoms with van der Waals surface area (Å²) < 4.78 is 27.1. The van der Waals surface area contributed by atoms with E-state index in [9.17, 15) is 13.6 Å². The van der Waals surface area contributed by atoms with E-state index in [1.165, 1.54) is 0 Å². The van der Waals surface area contributed by atoms with Crippen molar-refractivity contribution in [2.45, 2.75) is 0 Å². The molecule has 3 heterocycles. The zero-order chi connectivity index (χ0) is 20.0. The normalized spacial score (nSPS) is 11.2. The lowest BCUT2D eigenvalue weighted by Crippen LogP contribution is -2.16. The van der Waals surface area contributed by atoms with E-state index in [0.717, 1.165) is 28.2 Å². The van der Waals surface area contributed by atoms with Crippen molar-refractivity contribution in [1.82, 2.24) is 20.2 Å². The number of hydrogen-bond donors (Lipinski definition) is 3. The number of halogens is 2. The van der Waals surface area contributed by atoms with E-state index in [-0.39, 0.29) is 0 Å². The Morgan fingerprint density at radius 1 is 1.00 bits per heavy atom. The third-order valence-electron chi connectivity index (χ3n) is 4.74. The number of anilines is 1. The summed E-state index contributed by atoms with van der Waals surface area (Å²) in [5.74, 6) is -2.65. The average Bonchev–Trinajstić information content (AvgIpc) is 3.36. The molecule has 5 rings (SSSR count). The number of rotatable bonds is 3. The zero-order valence-corrected chi connectivity index (χ0v) is 14.8. The van der Waals surface area contributed by atoms with Gasteiger partial charge in [-0.3, -0.25) is 9.89 Å². The van der Waals surface area contributed by atoms with Gasteiger partial charge in [0, 0.05) is 28.6 Å². The van der Waals surface area contributed by atoms with Gasteiger partial charge in [-0.25, -0.2) is 13.8 Å². The summed E-state index contributed by atoms with van der Waals surface area (Å²) in [5, 5.41) is 11.3. The SMILES string of the molecule is O=C(Nc1cc(-c2cccc3[nH]ccc23)cc2[nH]ncc12)c1ncc(F)cc1F. The number of amides is 1. The van der Waals surface area contributed by atoms with Gasteiger partial charge in [0.2, 0.25) is 0 Å². The molecule has 0 saturated heterocycles. The topological polar surface area (TPSA) is 86.5 Å². The van der Waals surface area contributed by atoms with Crippen molar-refractivity contribution in [3.05, 3.63) is 78.4 Å². The first-order valence-electron chi connectivity index (χ1n) is 8.76. The van der Waals surface area contributed by atoms with Gasteiger partial charge >= 0.3 is 0 Å². The number of carbonyl (C=O) groups excluding carboxylic acids is 1. The second-order valence-electron chi connectivity index (χ2n) is 6.54. The van der Waals surface area contributed by atoms with Gasteiger partial charge in [-0.15, -0.1) is 0 Å². The molecule has 8 heteroatoms. The largest absolute Gasteiger partial charge is 0.361 e. The Hall–Kier alpha value is -4.07. The second kappa shape index (κ2) is 6.52. The standard InChI is InChI=1S/C21H13F2N5O/c22-12-8-16(23)20(25-9-12)21(29)27-18-6-11(7-19-15(18)10-26-28-19)13-2-1-3-17-14(13)4-5-24-17/h1-10,24H,(H,26,28)(H,27,29). The lowest BCUT2D eigenvalue weighted by atomic mass is 9.99. The Morgan fingerprint density at radius 3 is 2.76 bits per heavy atom. The van der Waals surface area contributed by atoms with Crippen molar-refractivity contribution in [2.75, 3.05) is 5.32 Å². The van der Waals surface area contributed by atoms with E-state index in [1.54, 1.807) is 12.3 Å². The first-order valence-corrected chi connectivity index (χ1v) is 8.76. The van der Waals surface area contributed by atoms with Gasteiger partial charge in [-0.05, 0) is 35.4 Å². The van der Waals surface area contributed by atoms with Crippen LogP contribution in [0.25, 0.3) is 32.9 Å². The Bertz CT molecular complexity index is 1390. The Morgan fingerprint density at radius 2 is 1.90 bits per heavy atom. The number of nitrogens with one attached hydrogen (secondary N) is 3. The minimum absolute atomic E-state index is 0.439. The van der Waals surface area contributed by atoms with Crippen molar-refractivity contribution in [3.63, 3.8) is 0 Å². The quantitative estimate of drug-likeness (QED) is 0.420. The van der Waals surface area contributed by atoms with E-state index < -0.39 is 23.2 Å². The molecule has 0 aliphatic heterocycles. The second-order valence-corrected chi connectivity index (χ2v) is 6.54. The van der Waals surface area contributed by atoms with E-state index in [2.05, 4.69) is 25.5 Å². The van der Waals surface area contributed by atoms with Gasteiger partial charge in [0.05, 0.1) is 23.6 Å². The maximum atomic E-state index is 14.0. The fourth-order valence-corrected chi connectivity index (χ4v) is 3.41. The van der Waals surface area contributed by atoms with Crippen molar-refractivity contribution in [3.8, 4) is 11.1 Å². The van der Waals surface area contributed by atoms with Crippen LogP contribution in [0.1, 0.15) is 10.5 Å².